The van der Waals surface area contributed by atoms with Gasteiger partial charge in [0.05, 0.1) is 5.56 Å². The van der Waals surface area contributed by atoms with Gasteiger partial charge in [0.2, 0.25) is 10.0 Å². The van der Waals surface area contributed by atoms with Crippen LogP contribution in [0.3, 0.4) is 0 Å². The summed E-state index contributed by atoms with van der Waals surface area (Å²) in [4.78, 5) is 10.5. The van der Waals surface area contributed by atoms with Crippen LogP contribution in [0.25, 0.3) is 0 Å². The number of nitrogens with zero attached hydrogens (tertiary/aromatic N) is 2. The lowest BCUT2D eigenvalue weighted by Gasteiger charge is -2.20. The first-order chi connectivity index (χ1) is 9.32. The van der Waals surface area contributed by atoms with Crippen LogP contribution >= 0.6 is 11.6 Å². The maximum absolute atomic E-state index is 12.4. The summed E-state index contributed by atoms with van der Waals surface area (Å²) in [5.74, 6) is -1.26. The highest BCUT2D eigenvalue weighted by atomic mass is 35.5. The summed E-state index contributed by atoms with van der Waals surface area (Å²) < 4.78 is 25.7. The third-order valence-corrected chi connectivity index (χ3v) is 4.59. The minimum absolute atomic E-state index is 0.0476. The molecule has 0 aliphatic carbocycles. The lowest BCUT2D eigenvalue weighted by Crippen LogP contribution is -2.36. The first kappa shape index (κ1) is 16.4. The minimum atomic E-state index is -4.08. The van der Waals surface area contributed by atoms with Crippen molar-refractivity contribution in [3.05, 3.63) is 28.8 Å². The Morgan fingerprint density at radius 2 is 2.15 bits per heavy atom. The predicted molar refractivity (Wildman–Crippen MR) is 72.9 cm³/mol. The second-order valence-corrected chi connectivity index (χ2v) is 6.33. The van der Waals surface area contributed by atoms with Gasteiger partial charge in [0.1, 0.15) is 17.5 Å². The lowest BCUT2D eigenvalue weighted by atomic mass is 10.2. The molecule has 8 heteroatoms. The van der Waals surface area contributed by atoms with Crippen molar-refractivity contribution in [2.45, 2.75) is 18.2 Å². The number of benzene rings is 1. The van der Waals surface area contributed by atoms with Gasteiger partial charge in [-0.1, -0.05) is 18.5 Å². The monoisotopic (exact) mass is 316 g/mol. The average molecular weight is 317 g/mol. The summed E-state index contributed by atoms with van der Waals surface area (Å²) in [5.41, 5.74) is -0.0686. The van der Waals surface area contributed by atoms with Crippen molar-refractivity contribution in [1.82, 2.24) is 4.31 Å². The van der Waals surface area contributed by atoms with Gasteiger partial charge >= 0.3 is 5.97 Å². The van der Waals surface area contributed by atoms with E-state index >= 15 is 0 Å². The fourth-order valence-electron chi connectivity index (χ4n) is 1.63. The first-order valence-electron chi connectivity index (χ1n) is 5.74. The number of nitriles is 1. The van der Waals surface area contributed by atoms with Crippen LogP contribution in [0.4, 0.5) is 0 Å². The van der Waals surface area contributed by atoms with E-state index in [1.54, 1.807) is 13.0 Å². The van der Waals surface area contributed by atoms with Crippen LogP contribution in [0.1, 0.15) is 18.9 Å². The minimum Gasteiger partial charge on any atom is -0.480 e. The number of rotatable bonds is 6. The van der Waals surface area contributed by atoms with Gasteiger partial charge in [-0.15, -0.1) is 0 Å². The molecule has 0 unspecified atom stereocenters. The normalized spacial score (nSPS) is 11.3. The molecule has 0 atom stereocenters. The molecule has 0 bridgehead atoms. The van der Waals surface area contributed by atoms with Gasteiger partial charge < -0.3 is 5.11 Å². The molecule has 1 N–H and O–H groups in total. The predicted octanol–water partition coefficient (Wildman–Crippen LogP) is 1.70. The van der Waals surface area contributed by atoms with Crippen molar-refractivity contribution >= 4 is 27.6 Å². The molecule has 0 saturated carbocycles. The number of carbonyl (C=O) groups is 1. The highest BCUT2D eigenvalue weighted by Crippen LogP contribution is 2.23. The molecule has 1 aromatic rings. The van der Waals surface area contributed by atoms with E-state index in [0.29, 0.717) is 6.42 Å². The zero-order valence-electron chi connectivity index (χ0n) is 10.7. The molecule has 0 saturated heterocycles. The Morgan fingerprint density at radius 3 is 2.65 bits per heavy atom. The van der Waals surface area contributed by atoms with E-state index in [2.05, 4.69) is 0 Å². The van der Waals surface area contributed by atoms with E-state index in [9.17, 15) is 13.2 Å². The molecular formula is C12H13ClN2O4S. The Bertz CT molecular complexity index is 652. The van der Waals surface area contributed by atoms with Crippen molar-refractivity contribution in [2.75, 3.05) is 13.1 Å². The molecule has 0 heterocycles. The summed E-state index contributed by atoms with van der Waals surface area (Å²) in [5, 5.41) is 17.9. The Labute approximate surface area is 122 Å². The van der Waals surface area contributed by atoms with E-state index < -0.39 is 22.5 Å². The molecule has 0 spiro atoms. The van der Waals surface area contributed by atoms with Crippen LogP contribution in [-0.4, -0.2) is 36.9 Å². The van der Waals surface area contributed by atoms with Crippen LogP contribution in [0.15, 0.2) is 23.1 Å². The molecule has 6 nitrogen and oxygen atoms in total. The molecule has 108 valence electrons. The largest absolute Gasteiger partial charge is 0.480 e. The van der Waals surface area contributed by atoms with Crippen molar-refractivity contribution in [1.29, 1.82) is 5.26 Å². The van der Waals surface area contributed by atoms with Crippen LogP contribution in [-0.2, 0) is 14.8 Å². The van der Waals surface area contributed by atoms with Gasteiger partial charge in [0.15, 0.2) is 0 Å². The van der Waals surface area contributed by atoms with E-state index in [0.717, 1.165) is 10.4 Å². The molecule has 0 aliphatic heterocycles. The summed E-state index contributed by atoms with van der Waals surface area (Å²) in [6.45, 7) is 1.12. The van der Waals surface area contributed by atoms with E-state index in [4.69, 9.17) is 22.0 Å². The van der Waals surface area contributed by atoms with Crippen molar-refractivity contribution in [3.8, 4) is 6.07 Å². The Kier molecular flexibility index (Phi) is 5.51. The standard InChI is InChI=1S/C12H13ClN2O4S/c1-2-5-15(8-12(16)17)20(18,19)11-6-10(13)4-3-9(11)7-14/h3-4,6H,2,5,8H2,1H3,(H,16,17). The molecule has 0 fully saturated rings. The molecule has 0 aliphatic rings. The number of hydrogen-bond acceptors (Lipinski definition) is 4. The maximum Gasteiger partial charge on any atom is 0.318 e. The molecule has 1 aromatic carbocycles. The summed E-state index contributed by atoms with van der Waals surface area (Å²) in [6.07, 6.45) is 0.453. The molecule has 20 heavy (non-hydrogen) atoms. The van der Waals surface area contributed by atoms with Gasteiger partial charge in [-0.2, -0.15) is 9.57 Å². The number of hydrogen-bond donors (Lipinski definition) is 1. The molecule has 0 radical (unpaired) electrons. The summed E-state index contributed by atoms with van der Waals surface area (Å²) in [6, 6.07) is 5.62. The van der Waals surface area contributed by atoms with Crippen LogP contribution in [0.2, 0.25) is 5.02 Å². The number of carboxylic acids is 1. The third kappa shape index (κ3) is 3.70. The number of aliphatic carboxylic acids is 1. The van der Waals surface area contributed by atoms with Crippen molar-refractivity contribution < 1.29 is 18.3 Å². The Morgan fingerprint density at radius 1 is 1.50 bits per heavy atom. The highest BCUT2D eigenvalue weighted by Gasteiger charge is 2.28. The number of sulfonamides is 1. The van der Waals surface area contributed by atoms with Crippen LogP contribution < -0.4 is 0 Å². The van der Waals surface area contributed by atoms with Crippen LogP contribution in [0, 0.1) is 11.3 Å². The van der Waals surface area contributed by atoms with Crippen molar-refractivity contribution in [2.24, 2.45) is 0 Å². The zero-order valence-corrected chi connectivity index (χ0v) is 12.3. The summed E-state index contributed by atoms with van der Waals surface area (Å²) >= 11 is 5.76. The fourth-order valence-corrected chi connectivity index (χ4v) is 3.51. The Hall–Kier alpha value is -1.62. The van der Waals surface area contributed by atoms with Crippen LogP contribution in [0.5, 0.6) is 0 Å². The highest BCUT2D eigenvalue weighted by molar-refractivity contribution is 7.89. The second kappa shape index (κ2) is 6.70. The first-order valence-corrected chi connectivity index (χ1v) is 7.56. The second-order valence-electron chi connectivity index (χ2n) is 3.98. The van der Waals surface area contributed by atoms with Crippen molar-refractivity contribution in [3.63, 3.8) is 0 Å². The lowest BCUT2D eigenvalue weighted by molar-refractivity contribution is -0.137. The smallest absolute Gasteiger partial charge is 0.318 e. The van der Waals surface area contributed by atoms with Gasteiger partial charge in [0.25, 0.3) is 0 Å². The molecule has 1 rings (SSSR count). The molecular weight excluding hydrogens is 304 g/mol. The number of halogens is 1. The zero-order chi connectivity index (χ0) is 15.3. The molecule has 0 aromatic heterocycles. The average Bonchev–Trinajstić information content (AvgIpc) is 2.37. The molecule has 0 amide bonds. The van der Waals surface area contributed by atoms with Gasteiger partial charge in [-0.05, 0) is 24.6 Å². The summed E-state index contributed by atoms with van der Waals surface area (Å²) in [7, 11) is -4.08. The topological polar surface area (TPSA) is 98.5 Å². The Balaban J connectivity index is 3.36. The fraction of sp³-hybridized carbons (Fsp3) is 0.333. The third-order valence-electron chi connectivity index (χ3n) is 2.47. The maximum atomic E-state index is 12.4. The van der Waals surface area contributed by atoms with Gasteiger partial charge in [0, 0.05) is 11.6 Å². The number of carboxylic acid groups (broad SMARTS) is 1. The van der Waals surface area contributed by atoms with E-state index in [1.807, 2.05) is 0 Å². The van der Waals surface area contributed by atoms with Gasteiger partial charge in [-0.25, -0.2) is 8.42 Å². The van der Waals surface area contributed by atoms with E-state index in [-0.39, 0.29) is 22.0 Å². The van der Waals surface area contributed by atoms with E-state index in [1.165, 1.54) is 12.1 Å². The SMILES string of the molecule is CCCN(CC(=O)O)S(=O)(=O)c1cc(Cl)ccc1C#N. The van der Waals surface area contributed by atoms with Gasteiger partial charge in [-0.3, -0.25) is 4.79 Å². The quantitative estimate of drug-likeness (QED) is 0.861.